The van der Waals surface area contributed by atoms with Crippen molar-refractivity contribution in [3.8, 4) is 17.0 Å². The molecule has 2 N–H and O–H groups in total. The molecule has 4 aromatic rings. The van der Waals surface area contributed by atoms with Gasteiger partial charge in [-0.2, -0.15) is 5.10 Å². The fourth-order valence-corrected chi connectivity index (χ4v) is 9.35. The Labute approximate surface area is 326 Å². The van der Waals surface area contributed by atoms with Crippen LogP contribution in [-0.4, -0.2) is 77.7 Å². The van der Waals surface area contributed by atoms with Crippen molar-refractivity contribution in [2.75, 3.05) is 49.2 Å². The summed E-state index contributed by atoms with van der Waals surface area (Å²) < 4.78 is 43.9. The molecule has 1 amide bonds. The van der Waals surface area contributed by atoms with Gasteiger partial charge in [0.2, 0.25) is 12.3 Å². The third-order valence-electron chi connectivity index (χ3n) is 12.4. The number of halogens is 2. The van der Waals surface area contributed by atoms with Gasteiger partial charge in [0.1, 0.15) is 6.10 Å². The molecule has 3 aliphatic heterocycles. The molecule has 0 bridgehead atoms. The monoisotopic (exact) mass is 768 g/mol. The third kappa shape index (κ3) is 7.57. The fourth-order valence-electron chi connectivity index (χ4n) is 9.35. The Morgan fingerprint density at radius 1 is 1.09 bits per heavy atom. The Balaban J connectivity index is 0.966. The van der Waals surface area contributed by atoms with Crippen LogP contribution in [0.25, 0.3) is 11.1 Å². The molecule has 11 nitrogen and oxygen atoms in total. The Morgan fingerprint density at radius 2 is 1.86 bits per heavy atom. The first-order valence-electron chi connectivity index (χ1n) is 20.0. The number of rotatable bonds is 13. The lowest BCUT2D eigenvalue weighted by atomic mass is 9.61. The number of carbonyl (C=O) groups is 2. The predicted octanol–water partition coefficient (Wildman–Crippen LogP) is 7.70. The summed E-state index contributed by atoms with van der Waals surface area (Å²) in [5, 5.41) is 17.2. The summed E-state index contributed by atoms with van der Waals surface area (Å²) in [4.78, 5) is 31.3. The molecule has 2 aromatic heterocycles. The van der Waals surface area contributed by atoms with Gasteiger partial charge in [0, 0.05) is 91.8 Å². The minimum absolute atomic E-state index is 0.0338. The second-order valence-electron chi connectivity index (χ2n) is 15.7. The summed E-state index contributed by atoms with van der Waals surface area (Å²) in [6.07, 6.45) is 8.42. The molecular weight excluding hydrogens is 719 g/mol. The van der Waals surface area contributed by atoms with Crippen LogP contribution in [0.4, 0.5) is 26.0 Å². The number of nitrogens with zero attached hydrogens (tertiary/aromatic N) is 5. The van der Waals surface area contributed by atoms with Crippen LogP contribution in [0, 0.1) is 5.41 Å². The highest BCUT2D eigenvalue weighted by Crippen LogP contribution is 2.51. The fraction of sp³-hybridized carbons (Fsp3) is 0.488. The third-order valence-corrected chi connectivity index (χ3v) is 12.4. The summed E-state index contributed by atoms with van der Waals surface area (Å²) >= 11 is 0. The molecule has 0 atom stereocenters. The van der Waals surface area contributed by atoms with E-state index in [9.17, 15) is 23.5 Å². The van der Waals surface area contributed by atoms with Crippen LogP contribution < -0.4 is 19.9 Å². The van der Waals surface area contributed by atoms with Crippen molar-refractivity contribution in [3.05, 3.63) is 82.7 Å². The Morgan fingerprint density at radius 3 is 2.52 bits per heavy atom. The second-order valence-corrected chi connectivity index (χ2v) is 15.7. The standard InChI is InChI=1S/C43H50F2N6O5/c1-2-34-37(11-16-46-27-52)51(32-12-20-55-21-13-32)48-41(34)50-17-3-4-29-22-35(36(40(44)45)23-38(29)50)30-7-10-39(47-26-30)56-33-24-43(25-33)14-18-49(19-15-43)31-8-5-28(6-9-31)42(53)54/h5-10,22-23,26-27,32-33,40H,2-4,11-21,24-25H2,1H3,(H,46,52)(H,53,54). The Kier molecular flexibility index (Phi) is 11.0. The molecule has 0 unspecified atom stereocenters. The zero-order valence-electron chi connectivity index (χ0n) is 31.9. The summed E-state index contributed by atoms with van der Waals surface area (Å²) in [5.74, 6) is 0.392. The predicted molar refractivity (Wildman–Crippen MR) is 209 cm³/mol. The Bertz CT molecular complexity index is 2020. The number of carboxylic acids is 1. The molecule has 13 heteroatoms. The van der Waals surface area contributed by atoms with E-state index >= 15 is 0 Å². The van der Waals surface area contributed by atoms with Crippen LogP contribution in [0.15, 0.2) is 54.7 Å². The van der Waals surface area contributed by atoms with Crippen LogP contribution in [-0.2, 0) is 28.8 Å². The summed E-state index contributed by atoms with van der Waals surface area (Å²) in [7, 11) is 0. The van der Waals surface area contributed by atoms with Gasteiger partial charge in [-0.15, -0.1) is 0 Å². The number of carboxylic acid groups (broad SMARTS) is 1. The number of benzene rings is 2. The largest absolute Gasteiger partial charge is 0.478 e. The lowest BCUT2D eigenvalue weighted by Crippen LogP contribution is -2.51. The number of aryl methyl sites for hydroxylation is 1. The molecule has 1 spiro atoms. The van der Waals surface area contributed by atoms with Gasteiger partial charge in [-0.05, 0) is 117 Å². The van der Waals surface area contributed by atoms with Gasteiger partial charge in [-0.1, -0.05) is 6.92 Å². The molecular formula is C43H50F2N6O5. The first-order valence-corrected chi connectivity index (χ1v) is 20.0. The van der Waals surface area contributed by atoms with Gasteiger partial charge in [-0.3, -0.25) is 9.48 Å². The van der Waals surface area contributed by atoms with Gasteiger partial charge in [0.05, 0.1) is 11.6 Å². The molecule has 4 aliphatic rings. The van der Waals surface area contributed by atoms with Crippen molar-refractivity contribution in [2.45, 2.75) is 89.7 Å². The average molecular weight is 769 g/mol. The van der Waals surface area contributed by atoms with E-state index in [-0.39, 0.29) is 23.1 Å². The number of piperidine rings is 1. The van der Waals surface area contributed by atoms with Gasteiger partial charge in [0.25, 0.3) is 6.43 Å². The highest BCUT2D eigenvalue weighted by Gasteiger charge is 2.47. The summed E-state index contributed by atoms with van der Waals surface area (Å²) in [6.45, 7) is 6.43. The number of hydrogen-bond acceptors (Lipinski definition) is 8. The molecule has 2 saturated heterocycles. The van der Waals surface area contributed by atoms with Crippen molar-refractivity contribution < 1.29 is 33.0 Å². The van der Waals surface area contributed by atoms with E-state index < -0.39 is 12.4 Å². The maximum absolute atomic E-state index is 14.9. The number of anilines is 3. The van der Waals surface area contributed by atoms with Crippen molar-refractivity contribution in [2.24, 2.45) is 5.41 Å². The normalized spacial score (nSPS) is 18.5. The number of nitrogens with one attached hydrogen (secondary N) is 1. The van der Waals surface area contributed by atoms with Crippen LogP contribution in [0.1, 0.15) is 97.1 Å². The highest BCUT2D eigenvalue weighted by molar-refractivity contribution is 5.88. The maximum Gasteiger partial charge on any atom is 0.335 e. The van der Waals surface area contributed by atoms with Crippen molar-refractivity contribution >= 4 is 29.6 Å². The van der Waals surface area contributed by atoms with E-state index in [0.717, 1.165) is 105 Å². The molecule has 0 radical (unpaired) electrons. The van der Waals surface area contributed by atoms with Crippen LogP contribution in [0.2, 0.25) is 0 Å². The second kappa shape index (κ2) is 16.2. The van der Waals surface area contributed by atoms with E-state index in [1.807, 2.05) is 24.3 Å². The lowest BCUT2D eigenvalue weighted by Gasteiger charge is -2.52. The smallest absolute Gasteiger partial charge is 0.335 e. The highest BCUT2D eigenvalue weighted by atomic mass is 19.3. The van der Waals surface area contributed by atoms with Crippen LogP contribution >= 0.6 is 0 Å². The SMILES string of the molecule is CCc1c(N2CCCc3cc(-c4ccc(OC5CC6(CCN(c7ccc(C(=O)O)cc7)CC6)C5)nc4)c(C(F)F)cc32)nn(C2CCOCC2)c1CCNC=O. The molecule has 3 fully saturated rings. The number of fused-ring (bicyclic) bond motifs is 1. The number of ether oxygens (including phenoxy) is 2. The van der Waals surface area contributed by atoms with Crippen LogP contribution in [0.5, 0.6) is 5.88 Å². The van der Waals surface area contributed by atoms with Gasteiger partial charge >= 0.3 is 5.97 Å². The number of carbonyl (C=O) groups excluding carboxylic acids is 1. The summed E-state index contributed by atoms with van der Waals surface area (Å²) in [6, 6.07) is 14.5. The van der Waals surface area contributed by atoms with Crippen LogP contribution in [0.3, 0.4) is 0 Å². The zero-order chi connectivity index (χ0) is 38.8. The Hall–Kier alpha value is -5.04. The first kappa shape index (κ1) is 37.9. The minimum atomic E-state index is -2.69. The minimum Gasteiger partial charge on any atom is -0.478 e. The number of amides is 1. The molecule has 56 heavy (non-hydrogen) atoms. The number of aromatic nitrogens is 3. The van der Waals surface area contributed by atoms with Crippen molar-refractivity contribution in [1.82, 2.24) is 20.1 Å². The molecule has 1 saturated carbocycles. The van der Waals surface area contributed by atoms with E-state index in [0.29, 0.717) is 61.7 Å². The van der Waals surface area contributed by atoms with E-state index in [2.05, 4.69) is 31.7 Å². The average Bonchev–Trinajstić information content (AvgIpc) is 3.58. The van der Waals surface area contributed by atoms with E-state index in [1.54, 1.807) is 30.5 Å². The zero-order valence-corrected chi connectivity index (χ0v) is 31.9. The van der Waals surface area contributed by atoms with Gasteiger partial charge < -0.3 is 29.7 Å². The van der Waals surface area contributed by atoms with Crippen molar-refractivity contribution in [1.29, 1.82) is 0 Å². The number of aromatic carboxylic acids is 1. The van der Waals surface area contributed by atoms with Gasteiger partial charge in [-0.25, -0.2) is 18.6 Å². The molecule has 1 aliphatic carbocycles. The van der Waals surface area contributed by atoms with E-state index in [4.69, 9.17) is 14.6 Å². The first-order chi connectivity index (χ1) is 27.3. The van der Waals surface area contributed by atoms with E-state index in [1.165, 1.54) is 0 Å². The molecule has 2 aromatic carbocycles. The number of alkyl halides is 2. The number of pyridine rings is 1. The molecule has 5 heterocycles. The lowest BCUT2D eigenvalue weighted by molar-refractivity contribution is -0.109. The molecule has 8 rings (SSSR count). The van der Waals surface area contributed by atoms with Crippen molar-refractivity contribution in [3.63, 3.8) is 0 Å². The quantitative estimate of drug-likeness (QED) is 0.104. The maximum atomic E-state index is 14.9. The topological polar surface area (TPSA) is 122 Å². The molecule has 296 valence electrons. The summed E-state index contributed by atoms with van der Waals surface area (Å²) in [5.41, 5.74) is 6.60. The number of hydrogen-bond donors (Lipinski definition) is 2. The van der Waals surface area contributed by atoms with Gasteiger partial charge in [0.15, 0.2) is 5.82 Å².